The Morgan fingerprint density at radius 3 is 1.41 bits per heavy atom. The van der Waals surface area contributed by atoms with E-state index in [0.717, 1.165) is 20.8 Å². The van der Waals surface area contributed by atoms with Crippen molar-refractivity contribution in [3.05, 3.63) is 75.9 Å². The van der Waals surface area contributed by atoms with Gasteiger partial charge in [-0.25, -0.2) is 4.79 Å². The number of hydrogen-bond donors (Lipinski definition) is 20. The fraction of sp³-hybridized carbons (Fsp3) is 0.586. The van der Waals surface area contributed by atoms with E-state index in [9.17, 15) is 109 Å². The van der Waals surface area contributed by atoms with Crippen LogP contribution in [-0.2, 0) is 81.0 Å². The molecule has 2 aromatic rings. The summed E-state index contributed by atoms with van der Waals surface area (Å²) in [5.41, 5.74) is 0.343. The molecule has 0 spiro atoms. The molecule has 1 aliphatic carbocycles. The van der Waals surface area contributed by atoms with Crippen LogP contribution in [-0.4, -0.2) is 319 Å². The smallest absolute Gasteiger partial charge is 0.336 e. The molecule has 0 radical (unpaired) electrons. The lowest BCUT2D eigenvalue weighted by Crippen LogP contribution is -2.64. The van der Waals surface area contributed by atoms with Crippen LogP contribution in [0.3, 0.4) is 0 Å². The van der Waals surface area contributed by atoms with E-state index in [-0.39, 0.29) is 137 Å². The van der Waals surface area contributed by atoms with E-state index in [1.165, 1.54) is 54.6 Å². The van der Waals surface area contributed by atoms with Crippen LogP contribution in [0, 0.1) is 5.92 Å². The van der Waals surface area contributed by atoms with Gasteiger partial charge in [-0.1, -0.05) is 6.07 Å². The zero-order valence-electron chi connectivity index (χ0n) is 60.9. The van der Waals surface area contributed by atoms with Crippen molar-refractivity contribution in [2.24, 2.45) is 5.92 Å². The van der Waals surface area contributed by atoms with Gasteiger partial charge in [-0.3, -0.25) is 47.9 Å². The van der Waals surface area contributed by atoms with Crippen LogP contribution in [0.15, 0.2) is 63.8 Å². The highest BCUT2D eigenvalue weighted by atomic mass is 16.7. The summed E-state index contributed by atoms with van der Waals surface area (Å²) in [5, 5.41) is 136. The molecule has 2 aromatic carbocycles. The summed E-state index contributed by atoms with van der Waals surface area (Å²) in [5.74, 6) is -8.55. The van der Waals surface area contributed by atoms with Crippen LogP contribution in [0.1, 0.15) is 73.6 Å². The molecule has 3 saturated heterocycles. The summed E-state index contributed by atoms with van der Waals surface area (Å²) >= 11 is 0. The Bertz CT molecular complexity index is 3740. The minimum Gasteiger partial charge on any atom is -0.508 e. The van der Waals surface area contributed by atoms with Gasteiger partial charge in [-0.15, -0.1) is 0 Å². The molecule has 614 valence electrons. The van der Waals surface area contributed by atoms with Gasteiger partial charge in [0.25, 0.3) is 5.91 Å². The summed E-state index contributed by atoms with van der Waals surface area (Å²) in [4.78, 5) is 141. The molecule has 20 N–H and O–H groups in total. The number of aliphatic hydroxyl groups is 9. The molecule has 41 nitrogen and oxygen atoms in total. The lowest BCUT2D eigenvalue weighted by atomic mass is 9.90. The molecule has 7 rings (SSSR count). The Balaban J connectivity index is 0.988. The van der Waals surface area contributed by atoms with Gasteiger partial charge in [0.15, 0.2) is 24.3 Å². The standard InChI is InChI=1S/C70H97N9O32/c1-34(83)76-56-62(96)59(93)47(29-80)109-68(56)105-22-16-72-50(88)11-19-102-32-38(33-103-20-12-51(89)73-17-23-106-69-57(77-35(2)84)63(97)60(94)48(30-81)110-69)66(104-21-13-52(90)74-18-24-107-70-58(78-36(3)85)64(98)61(95)49(31-82)111-70)79-54(92)28-53(91)71-14-4-15-75-65(99)37-5-8-41(44(25-37)67(100)101)55-42-9-6-39(86)26-45(42)108-46-27-40(87)7-10-43(46)55/h5-10,25-27,38,47-49,56-64,66,68-70,80-82,86,93-98H,4,11-24,28-33H2,1-3H3,(H,71,91)(H,72,88)(H,73,89)(H,74,90)(H,75,99)(H,76,83)(H,77,84)(H,78,85)(H,79,92)(H,100,101). The Hall–Kier alpha value is -9.09. The van der Waals surface area contributed by atoms with Crippen LogP contribution in [0.4, 0.5) is 0 Å². The van der Waals surface area contributed by atoms with Crippen molar-refractivity contribution in [2.45, 2.75) is 151 Å². The second-order valence-electron chi connectivity index (χ2n) is 26.0. The number of ether oxygens (including phenoxy) is 9. The van der Waals surface area contributed by atoms with Gasteiger partial charge >= 0.3 is 5.97 Å². The molecule has 4 heterocycles. The third kappa shape index (κ3) is 26.5. The number of fused-ring (bicyclic) bond motifs is 2. The number of aliphatic hydroxyl groups excluding tert-OH is 9. The first-order chi connectivity index (χ1) is 53.0. The van der Waals surface area contributed by atoms with Crippen LogP contribution in [0.25, 0.3) is 33.4 Å². The Morgan fingerprint density at radius 1 is 0.495 bits per heavy atom. The number of benzene rings is 3. The highest BCUT2D eigenvalue weighted by Gasteiger charge is 2.48. The molecule has 16 unspecified atom stereocenters. The second-order valence-corrected chi connectivity index (χ2v) is 26.0. The third-order valence-corrected chi connectivity index (χ3v) is 17.6. The van der Waals surface area contributed by atoms with Crippen molar-refractivity contribution >= 4 is 70.1 Å². The predicted octanol–water partition coefficient (Wildman–Crippen LogP) is -6.90. The van der Waals surface area contributed by atoms with Crippen molar-refractivity contribution in [1.82, 2.24) is 47.9 Å². The summed E-state index contributed by atoms with van der Waals surface area (Å²) in [6, 6.07) is 8.39. The molecule has 4 aliphatic heterocycles. The first-order valence-electron chi connectivity index (χ1n) is 35.5. The van der Waals surface area contributed by atoms with Crippen molar-refractivity contribution in [3.8, 4) is 28.2 Å². The van der Waals surface area contributed by atoms with E-state index in [1.807, 2.05) is 0 Å². The summed E-state index contributed by atoms with van der Waals surface area (Å²) in [7, 11) is 0. The molecule has 0 aromatic heterocycles. The Labute approximate surface area is 633 Å². The van der Waals surface area contributed by atoms with E-state index in [0.29, 0.717) is 16.5 Å². The number of phenolic OH excluding ortho intramolecular Hbond substituents is 1. The normalized spacial score (nSPS) is 24.3. The number of carbonyl (C=O) groups excluding carboxylic acids is 9. The van der Waals surface area contributed by atoms with Gasteiger partial charge in [-0.2, -0.15) is 0 Å². The van der Waals surface area contributed by atoms with Crippen LogP contribution in [0.5, 0.6) is 5.75 Å². The van der Waals surface area contributed by atoms with E-state index < -0.39 is 202 Å². The number of carboxylic acid groups (broad SMARTS) is 1. The first-order valence-corrected chi connectivity index (χ1v) is 35.5. The van der Waals surface area contributed by atoms with Gasteiger partial charge in [0, 0.05) is 101 Å². The average molecular weight is 1580 g/mol. The molecule has 111 heavy (non-hydrogen) atoms. The number of carbonyl (C=O) groups is 10. The highest BCUT2D eigenvalue weighted by molar-refractivity contribution is 6.09. The fourth-order valence-electron chi connectivity index (χ4n) is 12.1. The van der Waals surface area contributed by atoms with Crippen molar-refractivity contribution in [1.29, 1.82) is 0 Å². The number of phenols is 1. The summed E-state index contributed by atoms with van der Waals surface area (Å²) < 4.78 is 57.5. The van der Waals surface area contributed by atoms with Gasteiger partial charge < -0.3 is 151 Å². The van der Waals surface area contributed by atoms with Crippen LogP contribution >= 0.6 is 0 Å². The summed E-state index contributed by atoms with van der Waals surface area (Å²) in [6.07, 6.45) is -20.7. The SMILES string of the molecule is CC(=O)NC1C(OCCNC(=O)CCOCC(COCCC(=O)NCCOC2OC(CO)C(O)C(O)C2NC(C)=O)C(NC(=O)CC(=O)NCCCNC(=O)c2ccc(-c3c4ccc(=O)cc-4oc4cc(O)ccc34)c(C(=O)O)c2)OCCC(=O)NCCOC2OC(CO)C(O)C(O)C2NC(C)=O)OC(CO)C(O)C1O. The number of carboxylic acids is 1. The Morgan fingerprint density at radius 2 is 0.946 bits per heavy atom. The van der Waals surface area contributed by atoms with Gasteiger partial charge in [0.05, 0.1) is 90.6 Å². The fourth-order valence-corrected chi connectivity index (χ4v) is 12.1. The third-order valence-electron chi connectivity index (χ3n) is 17.6. The van der Waals surface area contributed by atoms with Crippen molar-refractivity contribution in [2.75, 3.05) is 105 Å². The largest absolute Gasteiger partial charge is 0.508 e. The molecule has 3 fully saturated rings. The minimum atomic E-state index is -1.61. The zero-order chi connectivity index (χ0) is 81.0. The van der Waals surface area contributed by atoms with Crippen molar-refractivity contribution in [3.63, 3.8) is 0 Å². The average Bonchev–Trinajstić information content (AvgIpc) is 0.744. The molecule has 5 aliphatic rings. The second kappa shape index (κ2) is 44.2. The number of nitrogens with one attached hydrogen (secondary N) is 9. The molecule has 0 saturated carbocycles. The molecular formula is C70H97N9O32. The number of aromatic hydroxyl groups is 1. The number of rotatable bonds is 43. The van der Waals surface area contributed by atoms with Gasteiger partial charge in [0.2, 0.25) is 47.3 Å². The molecule has 41 heteroatoms. The van der Waals surface area contributed by atoms with Crippen LogP contribution < -0.4 is 53.3 Å². The summed E-state index contributed by atoms with van der Waals surface area (Å²) in [6.45, 7) is -1.94. The van der Waals surface area contributed by atoms with Crippen LogP contribution in [0.2, 0.25) is 0 Å². The first kappa shape index (κ1) is 89.1. The minimum absolute atomic E-state index is 0.0483. The van der Waals surface area contributed by atoms with E-state index >= 15 is 0 Å². The maximum absolute atomic E-state index is 13.9. The Kier molecular flexibility index (Phi) is 35.5. The van der Waals surface area contributed by atoms with Gasteiger partial charge in [-0.05, 0) is 48.4 Å². The lowest BCUT2D eigenvalue weighted by Gasteiger charge is -2.42. The molecule has 16 atom stereocenters. The molecular weight excluding hydrogens is 1480 g/mol. The van der Waals surface area contributed by atoms with Gasteiger partial charge in [0.1, 0.15) is 103 Å². The lowest BCUT2D eigenvalue weighted by molar-refractivity contribution is -0.269. The monoisotopic (exact) mass is 1580 g/mol. The van der Waals surface area contributed by atoms with E-state index in [1.54, 1.807) is 0 Å². The molecule has 0 bridgehead atoms. The van der Waals surface area contributed by atoms with Crippen molar-refractivity contribution < 1.29 is 151 Å². The maximum atomic E-state index is 13.9. The van der Waals surface area contributed by atoms with E-state index in [2.05, 4.69) is 47.9 Å². The quantitative estimate of drug-likeness (QED) is 0.00847. The van der Waals surface area contributed by atoms with E-state index in [4.69, 9.17) is 47.0 Å². The zero-order valence-corrected chi connectivity index (χ0v) is 60.9. The number of hydrogen-bond acceptors (Lipinski definition) is 31. The topological polar surface area (TPSA) is 615 Å². The molecule has 9 amide bonds. The number of aromatic carboxylic acids is 1. The maximum Gasteiger partial charge on any atom is 0.336 e. The predicted molar refractivity (Wildman–Crippen MR) is 378 cm³/mol. The highest BCUT2D eigenvalue weighted by Crippen LogP contribution is 2.42. The number of amides is 9.